The fraction of sp³-hybridized carbons (Fsp3) is 0.667. The summed E-state index contributed by atoms with van der Waals surface area (Å²) >= 11 is 0. The third-order valence-corrected chi connectivity index (χ3v) is 4.00. The number of carbonyl (C=O) groups is 1. The van der Waals surface area contributed by atoms with E-state index < -0.39 is 0 Å². The van der Waals surface area contributed by atoms with Crippen LogP contribution in [0.1, 0.15) is 19.3 Å². The number of rotatable bonds is 5. The van der Waals surface area contributed by atoms with Gasteiger partial charge < -0.3 is 19.6 Å². The van der Waals surface area contributed by atoms with E-state index in [0.717, 1.165) is 51.3 Å². The van der Waals surface area contributed by atoms with Crippen LogP contribution < -0.4 is 9.64 Å². The summed E-state index contributed by atoms with van der Waals surface area (Å²) < 4.78 is 5.30. The summed E-state index contributed by atoms with van der Waals surface area (Å²) in [7, 11) is 0. The van der Waals surface area contributed by atoms with Crippen LogP contribution >= 0.6 is 0 Å². The quantitative estimate of drug-likeness (QED) is 0.843. The molecule has 0 radical (unpaired) electrons. The van der Waals surface area contributed by atoms with Crippen molar-refractivity contribution in [2.75, 3.05) is 44.3 Å². The number of carbonyl (C=O) groups excluding carboxylic acids is 1. The summed E-state index contributed by atoms with van der Waals surface area (Å²) in [6.45, 7) is 3.33. The molecular formula is C15H22N4O3. The van der Waals surface area contributed by atoms with Crippen molar-refractivity contribution in [2.24, 2.45) is 5.92 Å². The molecule has 0 spiro atoms. The first kappa shape index (κ1) is 15.0. The van der Waals surface area contributed by atoms with Gasteiger partial charge >= 0.3 is 0 Å². The molecular weight excluding hydrogens is 284 g/mol. The molecule has 0 atom stereocenters. The molecule has 1 amide bonds. The van der Waals surface area contributed by atoms with E-state index in [1.165, 1.54) is 0 Å². The second-order valence-electron chi connectivity index (χ2n) is 5.73. The number of ether oxygens (including phenoxy) is 1. The number of anilines is 1. The van der Waals surface area contributed by atoms with Gasteiger partial charge in [0.15, 0.2) is 5.82 Å². The first-order valence-electron chi connectivity index (χ1n) is 7.87. The minimum absolute atomic E-state index is 0.0478. The summed E-state index contributed by atoms with van der Waals surface area (Å²) in [5.74, 6) is 1.77. The molecule has 1 saturated carbocycles. The lowest BCUT2D eigenvalue weighted by atomic mass is 10.3. The van der Waals surface area contributed by atoms with Gasteiger partial charge in [0, 0.05) is 32.1 Å². The number of aliphatic hydroxyl groups is 1. The van der Waals surface area contributed by atoms with Crippen LogP contribution in [0.3, 0.4) is 0 Å². The van der Waals surface area contributed by atoms with Crippen LogP contribution in [-0.4, -0.2) is 65.3 Å². The molecule has 3 rings (SSSR count). The monoisotopic (exact) mass is 306 g/mol. The zero-order chi connectivity index (χ0) is 15.4. The van der Waals surface area contributed by atoms with Gasteiger partial charge in [-0.15, -0.1) is 0 Å². The molecule has 22 heavy (non-hydrogen) atoms. The third kappa shape index (κ3) is 3.65. The van der Waals surface area contributed by atoms with E-state index in [1.54, 1.807) is 12.4 Å². The predicted molar refractivity (Wildman–Crippen MR) is 80.7 cm³/mol. The summed E-state index contributed by atoms with van der Waals surface area (Å²) in [5.41, 5.74) is 0. The van der Waals surface area contributed by atoms with Crippen molar-refractivity contribution in [1.29, 1.82) is 0 Å². The second kappa shape index (κ2) is 6.91. The molecule has 120 valence electrons. The van der Waals surface area contributed by atoms with Crippen LogP contribution in [-0.2, 0) is 4.79 Å². The van der Waals surface area contributed by atoms with Crippen LogP contribution in [0.2, 0.25) is 0 Å². The molecule has 7 heteroatoms. The van der Waals surface area contributed by atoms with E-state index >= 15 is 0 Å². The molecule has 1 saturated heterocycles. The lowest BCUT2D eigenvalue weighted by Gasteiger charge is -2.22. The minimum atomic E-state index is -0.0478. The topological polar surface area (TPSA) is 78.8 Å². The predicted octanol–water partition coefficient (Wildman–Crippen LogP) is 0.296. The van der Waals surface area contributed by atoms with E-state index in [9.17, 15) is 4.79 Å². The Morgan fingerprint density at radius 3 is 2.91 bits per heavy atom. The first-order valence-corrected chi connectivity index (χ1v) is 7.87. The van der Waals surface area contributed by atoms with E-state index in [-0.39, 0.29) is 19.1 Å². The van der Waals surface area contributed by atoms with Crippen molar-refractivity contribution >= 4 is 11.7 Å². The van der Waals surface area contributed by atoms with Crippen LogP contribution in [0, 0.1) is 5.92 Å². The number of nitrogens with zero attached hydrogens (tertiary/aromatic N) is 4. The Hall–Kier alpha value is -1.89. The highest BCUT2D eigenvalue weighted by Gasteiger charge is 2.34. The zero-order valence-electron chi connectivity index (χ0n) is 12.6. The van der Waals surface area contributed by atoms with Crippen molar-refractivity contribution in [1.82, 2.24) is 14.9 Å². The Labute approximate surface area is 129 Å². The molecule has 1 aliphatic carbocycles. The maximum Gasteiger partial charge on any atom is 0.234 e. The van der Waals surface area contributed by atoms with Crippen LogP contribution in [0.25, 0.3) is 0 Å². The van der Waals surface area contributed by atoms with Gasteiger partial charge in [0.1, 0.15) is 6.61 Å². The highest BCUT2D eigenvalue weighted by atomic mass is 16.5. The third-order valence-electron chi connectivity index (χ3n) is 4.00. The zero-order valence-corrected chi connectivity index (χ0v) is 12.6. The number of amides is 1. The molecule has 1 N–H and O–H groups in total. The fourth-order valence-electron chi connectivity index (χ4n) is 2.67. The smallest absolute Gasteiger partial charge is 0.234 e. The molecule has 7 nitrogen and oxygen atoms in total. The Bertz CT molecular complexity index is 521. The molecule has 2 aliphatic rings. The van der Waals surface area contributed by atoms with E-state index in [2.05, 4.69) is 14.9 Å². The minimum Gasteiger partial charge on any atom is -0.474 e. The number of hydrogen-bond acceptors (Lipinski definition) is 6. The molecule has 1 aliphatic heterocycles. The second-order valence-corrected chi connectivity index (χ2v) is 5.73. The molecule has 1 aromatic heterocycles. The Morgan fingerprint density at radius 2 is 2.14 bits per heavy atom. The van der Waals surface area contributed by atoms with Crippen molar-refractivity contribution in [3.8, 4) is 5.88 Å². The molecule has 0 unspecified atom stereocenters. The molecule has 0 bridgehead atoms. The maximum atomic E-state index is 12.2. The fourth-order valence-corrected chi connectivity index (χ4v) is 2.67. The Balaban J connectivity index is 1.61. The van der Waals surface area contributed by atoms with Gasteiger partial charge in [-0.2, -0.15) is 4.98 Å². The van der Waals surface area contributed by atoms with Gasteiger partial charge in [-0.25, -0.2) is 0 Å². The normalized spacial score (nSPS) is 19.0. The van der Waals surface area contributed by atoms with E-state index in [1.807, 2.05) is 4.90 Å². The molecule has 2 fully saturated rings. The van der Waals surface area contributed by atoms with Crippen LogP contribution in [0.5, 0.6) is 5.88 Å². The van der Waals surface area contributed by atoms with Gasteiger partial charge in [-0.1, -0.05) is 0 Å². The van der Waals surface area contributed by atoms with Gasteiger partial charge in [0.25, 0.3) is 0 Å². The lowest BCUT2D eigenvalue weighted by molar-refractivity contribution is -0.132. The van der Waals surface area contributed by atoms with Crippen molar-refractivity contribution in [3.63, 3.8) is 0 Å². The highest BCUT2D eigenvalue weighted by Crippen LogP contribution is 2.31. The summed E-state index contributed by atoms with van der Waals surface area (Å²) in [5, 5.41) is 8.79. The number of hydrogen-bond donors (Lipinski definition) is 1. The highest BCUT2D eigenvalue weighted by molar-refractivity contribution is 5.81. The molecule has 1 aromatic rings. The van der Waals surface area contributed by atoms with Gasteiger partial charge in [0.2, 0.25) is 11.8 Å². The average Bonchev–Trinajstić information content (AvgIpc) is 3.38. The Morgan fingerprint density at radius 1 is 1.27 bits per heavy atom. The number of aliphatic hydroxyl groups excluding tert-OH is 1. The summed E-state index contributed by atoms with van der Waals surface area (Å²) in [6.07, 6.45) is 6.29. The Kier molecular flexibility index (Phi) is 4.72. The average molecular weight is 306 g/mol. The van der Waals surface area contributed by atoms with Gasteiger partial charge in [-0.3, -0.25) is 9.78 Å². The number of aromatic nitrogens is 2. The van der Waals surface area contributed by atoms with Crippen LogP contribution in [0.4, 0.5) is 5.82 Å². The van der Waals surface area contributed by atoms with Crippen LogP contribution in [0.15, 0.2) is 12.4 Å². The van der Waals surface area contributed by atoms with Crippen molar-refractivity contribution < 1.29 is 14.6 Å². The molecule has 2 heterocycles. The van der Waals surface area contributed by atoms with E-state index in [0.29, 0.717) is 11.8 Å². The largest absolute Gasteiger partial charge is 0.474 e. The summed E-state index contributed by atoms with van der Waals surface area (Å²) in [4.78, 5) is 24.8. The van der Waals surface area contributed by atoms with Crippen molar-refractivity contribution in [2.45, 2.75) is 19.3 Å². The lowest BCUT2D eigenvalue weighted by Crippen LogP contribution is -2.36. The van der Waals surface area contributed by atoms with Gasteiger partial charge in [-0.05, 0) is 19.3 Å². The van der Waals surface area contributed by atoms with E-state index in [4.69, 9.17) is 9.84 Å². The maximum absolute atomic E-state index is 12.2. The first-order chi connectivity index (χ1) is 10.8. The van der Waals surface area contributed by atoms with Gasteiger partial charge in [0.05, 0.1) is 19.0 Å². The SMILES string of the molecule is O=C(C1CC1)N1CCCN(c2cncc(OCCO)n2)CC1. The van der Waals surface area contributed by atoms with Crippen molar-refractivity contribution in [3.05, 3.63) is 12.4 Å². The molecule has 0 aromatic carbocycles. The summed E-state index contributed by atoms with van der Waals surface area (Å²) in [6, 6.07) is 0. The standard InChI is InChI=1S/C15H22N4O3/c20-8-9-22-14-11-16-10-13(17-14)18-4-1-5-19(7-6-18)15(21)12-2-3-12/h10-12,20H,1-9H2.